The number of aromatic amines is 1. The number of methoxy groups -OCH3 is 1. The average molecular weight is 470 g/mol. The number of carbonyl (C=O) groups is 2. The van der Waals surface area contributed by atoms with Crippen molar-refractivity contribution in [2.45, 2.75) is 16.7 Å². The number of benzene rings is 1. The molecule has 30 heavy (non-hydrogen) atoms. The number of carbonyl (C=O) groups excluding carboxylic acids is 2. The van der Waals surface area contributed by atoms with Crippen molar-refractivity contribution in [2.24, 2.45) is 0 Å². The van der Waals surface area contributed by atoms with Crippen LogP contribution in [0, 0.1) is 0 Å². The van der Waals surface area contributed by atoms with Gasteiger partial charge in [-0.25, -0.2) is 13.2 Å². The standard InChI is InChI=1S/C19H20ClN3O5S2/c1-23(30(26,27)18-8-7-16(20)29-18)11-17(24)22-15(19(25)28-2)9-12-10-21-14-6-4-3-5-13(12)14/h3-8,10,15,21H,9,11H2,1-2H3,(H,22,24)/t15-/m1/s1. The molecule has 0 saturated heterocycles. The number of para-hydroxylation sites is 1. The molecular weight excluding hydrogens is 450 g/mol. The molecule has 3 rings (SSSR count). The molecule has 1 amide bonds. The number of likely N-dealkylation sites (N-methyl/N-ethyl adjacent to an activating group) is 1. The number of nitrogens with zero attached hydrogens (tertiary/aromatic N) is 1. The number of hydrogen-bond donors (Lipinski definition) is 2. The number of rotatable bonds is 8. The molecule has 2 aromatic heterocycles. The van der Waals surface area contributed by atoms with Gasteiger partial charge in [-0.3, -0.25) is 4.79 Å². The van der Waals surface area contributed by atoms with Gasteiger partial charge in [0.05, 0.1) is 18.0 Å². The maximum Gasteiger partial charge on any atom is 0.328 e. The van der Waals surface area contributed by atoms with Crippen molar-refractivity contribution in [3.8, 4) is 0 Å². The zero-order chi connectivity index (χ0) is 21.9. The third kappa shape index (κ3) is 4.84. The number of aromatic nitrogens is 1. The summed E-state index contributed by atoms with van der Waals surface area (Å²) in [6, 6.07) is 9.47. The number of esters is 1. The number of fused-ring (bicyclic) bond motifs is 1. The fourth-order valence-electron chi connectivity index (χ4n) is 2.97. The molecular formula is C19H20ClN3O5S2. The van der Waals surface area contributed by atoms with Crippen LogP contribution < -0.4 is 5.32 Å². The predicted octanol–water partition coefficient (Wildman–Crippen LogP) is 2.40. The van der Waals surface area contributed by atoms with Gasteiger partial charge in [-0.15, -0.1) is 11.3 Å². The molecule has 2 heterocycles. The van der Waals surface area contributed by atoms with E-state index in [1.165, 1.54) is 26.3 Å². The highest BCUT2D eigenvalue weighted by molar-refractivity contribution is 7.91. The van der Waals surface area contributed by atoms with Gasteiger partial charge in [0.15, 0.2) is 0 Å². The highest BCUT2D eigenvalue weighted by Gasteiger charge is 2.28. The van der Waals surface area contributed by atoms with Crippen LogP contribution in [0.15, 0.2) is 46.8 Å². The predicted molar refractivity (Wildman–Crippen MR) is 115 cm³/mol. The largest absolute Gasteiger partial charge is 0.467 e. The summed E-state index contributed by atoms with van der Waals surface area (Å²) in [4.78, 5) is 27.8. The number of sulfonamides is 1. The molecule has 0 aliphatic carbocycles. The Morgan fingerprint density at radius 1 is 1.27 bits per heavy atom. The van der Waals surface area contributed by atoms with E-state index in [0.717, 1.165) is 32.1 Å². The van der Waals surface area contributed by atoms with E-state index in [1.54, 1.807) is 6.20 Å². The van der Waals surface area contributed by atoms with Gasteiger partial charge in [0, 0.05) is 30.6 Å². The van der Waals surface area contributed by atoms with Crippen LogP contribution >= 0.6 is 22.9 Å². The van der Waals surface area contributed by atoms with Crippen molar-refractivity contribution in [2.75, 3.05) is 20.7 Å². The van der Waals surface area contributed by atoms with Gasteiger partial charge < -0.3 is 15.0 Å². The summed E-state index contributed by atoms with van der Waals surface area (Å²) in [6.07, 6.45) is 1.96. The quantitative estimate of drug-likeness (QED) is 0.492. The maximum atomic E-state index is 12.6. The van der Waals surface area contributed by atoms with Gasteiger partial charge in [0.1, 0.15) is 10.3 Å². The summed E-state index contributed by atoms with van der Waals surface area (Å²) in [5.74, 6) is -1.25. The Bertz CT molecular complexity index is 1170. The molecule has 0 radical (unpaired) electrons. The van der Waals surface area contributed by atoms with E-state index in [2.05, 4.69) is 10.3 Å². The Kier molecular flexibility index (Phi) is 6.81. The Hall–Kier alpha value is -2.40. The molecule has 0 unspecified atom stereocenters. The van der Waals surface area contributed by atoms with E-state index in [9.17, 15) is 18.0 Å². The van der Waals surface area contributed by atoms with Crippen molar-refractivity contribution in [1.82, 2.24) is 14.6 Å². The Balaban J connectivity index is 1.72. The van der Waals surface area contributed by atoms with E-state index in [-0.39, 0.29) is 10.6 Å². The minimum Gasteiger partial charge on any atom is -0.467 e. The van der Waals surface area contributed by atoms with E-state index in [4.69, 9.17) is 16.3 Å². The van der Waals surface area contributed by atoms with Crippen LogP contribution in [-0.4, -0.2) is 56.3 Å². The topological polar surface area (TPSA) is 109 Å². The molecule has 2 N–H and O–H groups in total. The van der Waals surface area contributed by atoms with Gasteiger partial charge >= 0.3 is 5.97 Å². The highest BCUT2D eigenvalue weighted by Crippen LogP contribution is 2.27. The summed E-state index contributed by atoms with van der Waals surface area (Å²) in [6.45, 7) is -0.459. The van der Waals surface area contributed by atoms with Gasteiger partial charge in [0.2, 0.25) is 5.91 Å². The van der Waals surface area contributed by atoms with Gasteiger partial charge in [-0.2, -0.15) is 4.31 Å². The zero-order valence-electron chi connectivity index (χ0n) is 16.2. The second kappa shape index (κ2) is 9.17. The van der Waals surface area contributed by atoms with Crippen LogP contribution in [0.5, 0.6) is 0 Å². The lowest BCUT2D eigenvalue weighted by Gasteiger charge is -2.19. The lowest BCUT2D eigenvalue weighted by molar-refractivity contribution is -0.145. The number of ether oxygens (including phenoxy) is 1. The summed E-state index contributed by atoms with van der Waals surface area (Å²) < 4.78 is 31.2. The van der Waals surface area contributed by atoms with Crippen molar-refractivity contribution in [3.05, 3.63) is 52.5 Å². The Labute approximate surface area is 182 Å². The van der Waals surface area contributed by atoms with Crippen LogP contribution in [0.1, 0.15) is 5.56 Å². The van der Waals surface area contributed by atoms with Crippen LogP contribution in [0.25, 0.3) is 10.9 Å². The fraction of sp³-hybridized carbons (Fsp3) is 0.263. The third-order valence-electron chi connectivity index (χ3n) is 4.50. The second-order valence-electron chi connectivity index (χ2n) is 6.53. The summed E-state index contributed by atoms with van der Waals surface area (Å²) in [7, 11) is -1.35. The highest BCUT2D eigenvalue weighted by atomic mass is 35.5. The second-order valence-corrected chi connectivity index (χ2v) is 10.5. The van der Waals surface area contributed by atoms with Gasteiger partial charge in [0.25, 0.3) is 10.0 Å². The number of halogens is 1. The first-order valence-corrected chi connectivity index (χ1v) is 11.5. The van der Waals surface area contributed by atoms with Crippen molar-refractivity contribution in [3.63, 3.8) is 0 Å². The maximum absolute atomic E-state index is 12.6. The van der Waals surface area contributed by atoms with Crippen LogP contribution in [-0.2, 0) is 30.8 Å². The monoisotopic (exact) mass is 469 g/mol. The average Bonchev–Trinajstić information content (AvgIpc) is 3.33. The van der Waals surface area contributed by atoms with Crippen molar-refractivity contribution < 1.29 is 22.7 Å². The minimum atomic E-state index is -3.87. The first-order valence-electron chi connectivity index (χ1n) is 8.86. The molecule has 8 nitrogen and oxygen atoms in total. The molecule has 160 valence electrons. The molecule has 0 spiro atoms. The van der Waals surface area contributed by atoms with Gasteiger partial charge in [-0.1, -0.05) is 29.8 Å². The molecule has 0 fully saturated rings. The fourth-order valence-corrected chi connectivity index (χ4v) is 5.79. The Morgan fingerprint density at radius 3 is 2.67 bits per heavy atom. The molecule has 1 aromatic carbocycles. The molecule has 0 saturated carbocycles. The van der Waals surface area contributed by atoms with E-state index < -0.39 is 34.5 Å². The summed E-state index contributed by atoms with van der Waals surface area (Å²) in [5, 5.41) is 3.50. The first kappa shape index (κ1) is 22.3. The molecule has 0 aliphatic rings. The van der Waals surface area contributed by atoms with Crippen LogP contribution in [0.4, 0.5) is 0 Å². The smallest absolute Gasteiger partial charge is 0.328 e. The lowest BCUT2D eigenvalue weighted by atomic mass is 10.0. The zero-order valence-corrected chi connectivity index (χ0v) is 18.6. The number of thiophene rings is 1. The molecule has 1 atom stereocenters. The van der Waals surface area contributed by atoms with E-state index >= 15 is 0 Å². The summed E-state index contributed by atoms with van der Waals surface area (Å²) in [5.41, 5.74) is 1.73. The van der Waals surface area contributed by atoms with Crippen molar-refractivity contribution in [1.29, 1.82) is 0 Å². The van der Waals surface area contributed by atoms with Crippen molar-refractivity contribution >= 4 is 55.7 Å². The molecule has 0 bridgehead atoms. The number of H-pyrrole nitrogens is 1. The number of nitrogens with one attached hydrogen (secondary N) is 2. The third-order valence-corrected chi connectivity index (χ3v) is 8.00. The Morgan fingerprint density at radius 2 is 2.00 bits per heavy atom. The van der Waals surface area contributed by atoms with E-state index in [0.29, 0.717) is 4.34 Å². The molecule has 0 aliphatic heterocycles. The van der Waals surface area contributed by atoms with Gasteiger partial charge in [-0.05, 0) is 23.8 Å². The minimum absolute atomic E-state index is 0.0334. The SMILES string of the molecule is COC(=O)[C@@H](Cc1c[nH]c2ccccc12)NC(=O)CN(C)S(=O)(=O)c1ccc(Cl)s1. The number of hydrogen-bond acceptors (Lipinski definition) is 6. The van der Waals surface area contributed by atoms with Crippen LogP contribution in [0.3, 0.4) is 0 Å². The van der Waals surface area contributed by atoms with E-state index in [1.807, 2.05) is 24.3 Å². The lowest BCUT2D eigenvalue weighted by Crippen LogP contribution is -2.47. The summed E-state index contributed by atoms with van der Waals surface area (Å²) >= 11 is 6.71. The molecule has 3 aromatic rings. The van der Waals surface area contributed by atoms with Crippen LogP contribution in [0.2, 0.25) is 4.34 Å². The first-order chi connectivity index (χ1) is 14.2. The molecule has 11 heteroatoms. The number of amides is 1. The normalized spacial score (nSPS) is 12.8.